The van der Waals surface area contributed by atoms with Crippen LogP contribution in [0.3, 0.4) is 0 Å². The second-order valence-corrected chi connectivity index (χ2v) is 9.42. The van der Waals surface area contributed by atoms with Crippen molar-refractivity contribution in [1.82, 2.24) is 25.0 Å². The minimum Gasteiger partial charge on any atom is -0.394 e. The SMILES string of the molecule is N#Cc1cnc2c(Cl)cc(NC(c3cscn3)c3cn(CCO)nn3)cc2c1Nc1ccc(F)c(Cl)c1. The molecule has 13 heteroatoms. The number of nitriles is 1. The minimum absolute atomic E-state index is 0.0531. The molecule has 0 aliphatic rings. The van der Waals surface area contributed by atoms with Crippen LogP contribution in [0.2, 0.25) is 10.0 Å². The van der Waals surface area contributed by atoms with E-state index < -0.39 is 11.9 Å². The van der Waals surface area contributed by atoms with Crippen molar-refractivity contribution in [2.75, 3.05) is 17.2 Å². The summed E-state index contributed by atoms with van der Waals surface area (Å²) in [6.45, 7) is 0.241. The van der Waals surface area contributed by atoms with E-state index in [1.165, 1.54) is 35.7 Å². The van der Waals surface area contributed by atoms with Crippen LogP contribution in [0.4, 0.5) is 21.5 Å². The number of nitrogens with zero attached hydrogens (tertiary/aromatic N) is 6. The van der Waals surface area contributed by atoms with Crippen LogP contribution in [-0.2, 0) is 6.54 Å². The number of thiazole rings is 1. The number of hydrogen-bond acceptors (Lipinski definition) is 9. The molecule has 0 spiro atoms. The Balaban J connectivity index is 1.58. The van der Waals surface area contributed by atoms with E-state index in [1.54, 1.807) is 28.5 Å². The number of rotatable bonds is 8. The van der Waals surface area contributed by atoms with Crippen molar-refractivity contribution in [2.24, 2.45) is 0 Å². The van der Waals surface area contributed by atoms with Crippen LogP contribution in [0.5, 0.6) is 0 Å². The van der Waals surface area contributed by atoms with E-state index in [0.717, 1.165) is 5.69 Å². The topological polar surface area (TPSA) is 125 Å². The molecule has 1 atom stereocenters. The van der Waals surface area contributed by atoms with Crippen molar-refractivity contribution in [1.29, 1.82) is 5.26 Å². The van der Waals surface area contributed by atoms with E-state index in [1.807, 2.05) is 5.38 Å². The molecule has 0 saturated carbocycles. The lowest BCUT2D eigenvalue weighted by atomic mass is 10.1. The Morgan fingerprint density at radius 3 is 2.70 bits per heavy atom. The van der Waals surface area contributed by atoms with Gasteiger partial charge in [-0.2, -0.15) is 5.26 Å². The highest BCUT2D eigenvalue weighted by molar-refractivity contribution is 7.07. The average Bonchev–Trinajstić information content (AvgIpc) is 3.58. The maximum absolute atomic E-state index is 13.7. The molecule has 9 nitrogen and oxygen atoms in total. The first-order valence-corrected chi connectivity index (χ1v) is 12.6. The number of aliphatic hydroxyl groups excluding tert-OH is 1. The van der Waals surface area contributed by atoms with Crippen molar-refractivity contribution < 1.29 is 9.50 Å². The number of pyridine rings is 1. The molecular weight excluding hydrogens is 538 g/mol. The Morgan fingerprint density at radius 1 is 1.14 bits per heavy atom. The third-order valence-corrected chi connectivity index (χ3v) is 6.66. The lowest BCUT2D eigenvalue weighted by molar-refractivity contribution is 0.268. The highest BCUT2D eigenvalue weighted by Crippen LogP contribution is 2.37. The maximum Gasteiger partial charge on any atom is 0.141 e. The number of halogens is 3. The summed E-state index contributed by atoms with van der Waals surface area (Å²) in [7, 11) is 0. The van der Waals surface area contributed by atoms with Crippen LogP contribution < -0.4 is 10.6 Å². The highest BCUT2D eigenvalue weighted by atomic mass is 35.5. The van der Waals surface area contributed by atoms with Gasteiger partial charge >= 0.3 is 0 Å². The quantitative estimate of drug-likeness (QED) is 0.228. The normalized spacial score (nSPS) is 11.9. The highest BCUT2D eigenvalue weighted by Gasteiger charge is 2.21. The van der Waals surface area contributed by atoms with Crippen molar-refractivity contribution in [3.05, 3.63) is 86.4 Å². The number of nitrogens with one attached hydrogen (secondary N) is 2. The summed E-state index contributed by atoms with van der Waals surface area (Å²) < 4.78 is 15.2. The molecule has 0 fully saturated rings. The van der Waals surface area contributed by atoms with Gasteiger partial charge in [0.15, 0.2) is 0 Å². The Bertz CT molecular complexity index is 1620. The van der Waals surface area contributed by atoms with Gasteiger partial charge in [-0.25, -0.2) is 14.1 Å². The number of anilines is 3. The van der Waals surface area contributed by atoms with Gasteiger partial charge in [0, 0.05) is 28.3 Å². The largest absolute Gasteiger partial charge is 0.394 e. The van der Waals surface area contributed by atoms with E-state index in [9.17, 15) is 14.8 Å². The molecule has 5 aromatic rings. The molecule has 3 N–H and O–H groups in total. The number of hydrogen-bond donors (Lipinski definition) is 3. The second kappa shape index (κ2) is 10.7. The molecule has 186 valence electrons. The summed E-state index contributed by atoms with van der Waals surface area (Å²) in [4.78, 5) is 8.80. The summed E-state index contributed by atoms with van der Waals surface area (Å²) >= 11 is 14.0. The van der Waals surface area contributed by atoms with Gasteiger partial charge in [0.2, 0.25) is 0 Å². The van der Waals surface area contributed by atoms with Crippen LogP contribution >= 0.6 is 34.5 Å². The summed E-state index contributed by atoms with van der Waals surface area (Å²) in [6.07, 6.45) is 3.16. The maximum atomic E-state index is 13.7. The van der Waals surface area contributed by atoms with Gasteiger partial charge in [-0.1, -0.05) is 28.4 Å². The van der Waals surface area contributed by atoms with Gasteiger partial charge in [-0.15, -0.1) is 16.4 Å². The minimum atomic E-state index is -0.550. The first-order valence-electron chi connectivity index (χ1n) is 10.9. The van der Waals surface area contributed by atoms with Crippen LogP contribution in [0.1, 0.15) is 23.0 Å². The first kappa shape index (κ1) is 24.9. The number of fused-ring (bicyclic) bond motifs is 1. The van der Waals surface area contributed by atoms with E-state index in [0.29, 0.717) is 45.2 Å². The third-order valence-electron chi connectivity index (χ3n) is 5.47. The van der Waals surface area contributed by atoms with Crippen LogP contribution in [0, 0.1) is 17.1 Å². The lowest BCUT2D eigenvalue weighted by Crippen LogP contribution is -2.13. The fraction of sp³-hybridized carbons (Fsp3) is 0.125. The summed E-state index contributed by atoms with van der Waals surface area (Å²) in [5.74, 6) is -0.550. The molecule has 0 amide bonds. The molecule has 0 saturated heterocycles. The van der Waals surface area contributed by atoms with Crippen molar-refractivity contribution in [2.45, 2.75) is 12.6 Å². The Hall–Kier alpha value is -3.82. The van der Waals surface area contributed by atoms with Crippen LogP contribution in [-0.4, -0.2) is 36.7 Å². The van der Waals surface area contributed by atoms with E-state index in [-0.39, 0.29) is 17.2 Å². The predicted molar refractivity (Wildman–Crippen MR) is 141 cm³/mol. The zero-order chi connectivity index (χ0) is 25.9. The molecule has 0 aliphatic heterocycles. The lowest BCUT2D eigenvalue weighted by Gasteiger charge is -2.18. The van der Waals surface area contributed by atoms with Gasteiger partial charge < -0.3 is 15.7 Å². The standard InChI is InChI=1S/C24H17Cl2FN8OS/c25-17-6-14(1-2-19(17)27)31-22-13(8-28)9-29-23-16(22)5-15(7-18(23)26)32-24(21-11-37-12-30-21)20-10-35(3-4-36)34-33-20/h1-2,5-7,9-12,24,32,36H,3-4H2,(H,29,31). The van der Waals surface area contributed by atoms with Crippen LogP contribution in [0.15, 0.2) is 53.6 Å². The van der Waals surface area contributed by atoms with E-state index >= 15 is 0 Å². The number of aromatic nitrogens is 5. The molecule has 2 aromatic carbocycles. The van der Waals surface area contributed by atoms with Gasteiger partial charge in [0.05, 0.1) is 57.4 Å². The molecule has 37 heavy (non-hydrogen) atoms. The van der Waals surface area contributed by atoms with Gasteiger partial charge in [-0.3, -0.25) is 4.98 Å². The Labute approximate surface area is 224 Å². The number of aliphatic hydroxyl groups is 1. The molecular formula is C24H17Cl2FN8OS. The monoisotopic (exact) mass is 554 g/mol. The van der Waals surface area contributed by atoms with Crippen LogP contribution in [0.25, 0.3) is 10.9 Å². The molecule has 0 aliphatic carbocycles. The average molecular weight is 555 g/mol. The summed E-state index contributed by atoms with van der Waals surface area (Å²) in [6, 6.07) is 9.38. The van der Waals surface area contributed by atoms with E-state index in [4.69, 9.17) is 23.2 Å². The fourth-order valence-electron chi connectivity index (χ4n) is 3.77. The molecule has 5 rings (SSSR count). The number of benzene rings is 2. The molecule has 0 radical (unpaired) electrons. The molecule has 0 bridgehead atoms. The first-order chi connectivity index (χ1) is 18.0. The fourth-order valence-corrected chi connectivity index (χ4v) is 4.80. The van der Waals surface area contributed by atoms with Gasteiger partial charge in [0.25, 0.3) is 0 Å². The second-order valence-electron chi connectivity index (χ2n) is 7.89. The smallest absolute Gasteiger partial charge is 0.141 e. The molecule has 3 heterocycles. The van der Waals surface area contributed by atoms with Crippen molar-refractivity contribution >= 4 is 62.5 Å². The molecule has 3 aromatic heterocycles. The summed E-state index contributed by atoms with van der Waals surface area (Å²) in [5, 5.41) is 36.6. The Morgan fingerprint density at radius 2 is 1.97 bits per heavy atom. The van der Waals surface area contributed by atoms with Gasteiger partial charge in [0.1, 0.15) is 23.6 Å². The third kappa shape index (κ3) is 5.19. The van der Waals surface area contributed by atoms with Crippen molar-refractivity contribution in [3.8, 4) is 6.07 Å². The zero-order valence-corrected chi connectivity index (χ0v) is 21.2. The van der Waals surface area contributed by atoms with Gasteiger partial charge in [-0.05, 0) is 30.3 Å². The van der Waals surface area contributed by atoms with E-state index in [2.05, 4.69) is 37.0 Å². The van der Waals surface area contributed by atoms with Crippen molar-refractivity contribution in [3.63, 3.8) is 0 Å². The summed E-state index contributed by atoms with van der Waals surface area (Å²) in [5.41, 5.74) is 5.33. The Kier molecular flexibility index (Phi) is 7.16. The molecule has 1 unspecified atom stereocenters. The predicted octanol–water partition coefficient (Wildman–Crippen LogP) is 5.54. The zero-order valence-electron chi connectivity index (χ0n) is 18.9.